The molecule has 0 aliphatic heterocycles. The molecule has 1 heterocycles. The van der Waals surface area contributed by atoms with Crippen molar-refractivity contribution in [3.63, 3.8) is 0 Å². The number of nitriles is 1. The average molecular weight is 342 g/mol. The lowest BCUT2D eigenvalue weighted by atomic mass is 9.99. The van der Waals surface area contributed by atoms with Gasteiger partial charge in [-0.05, 0) is 34.4 Å². The fraction of sp³-hybridized carbons (Fsp3) is 0.0952. The van der Waals surface area contributed by atoms with Crippen molar-refractivity contribution in [2.24, 2.45) is 0 Å². The number of carbonyl (C=O) groups is 1. The Kier molecular flexibility index (Phi) is 5.58. The minimum Gasteiger partial charge on any atom is -0.334 e. The molecule has 0 radical (unpaired) electrons. The molecule has 5 nitrogen and oxygen atoms in total. The topological polar surface area (TPSA) is 77.8 Å². The Morgan fingerprint density at radius 3 is 2.35 bits per heavy atom. The molecule has 2 amide bonds. The summed E-state index contributed by atoms with van der Waals surface area (Å²) in [5.41, 5.74) is 4.46. The van der Waals surface area contributed by atoms with E-state index >= 15 is 0 Å². The smallest absolute Gasteiger partial charge is 0.315 e. The van der Waals surface area contributed by atoms with Crippen LogP contribution in [0.25, 0.3) is 11.1 Å². The van der Waals surface area contributed by atoms with Gasteiger partial charge >= 0.3 is 6.03 Å². The third-order valence-corrected chi connectivity index (χ3v) is 3.94. The van der Waals surface area contributed by atoms with Crippen LogP contribution in [-0.4, -0.2) is 11.0 Å². The van der Waals surface area contributed by atoms with Gasteiger partial charge in [-0.25, -0.2) is 4.79 Å². The van der Waals surface area contributed by atoms with E-state index in [0.717, 1.165) is 22.3 Å². The van der Waals surface area contributed by atoms with Crippen LogP contribution in [0.5, 0.6) is 0 Å². The summed E-state index contributed by atoms with van der Waals surface area (Å²) in [5.74, 6) is 0. The maximum Gasteiger partial charge on any atom is 0.315 e. The van der Waals surface area contributed by atoms with E-state index in [2.05, 4.69) is 21.7 Å². The highest BCUT2D eigenvalue weighted by Gasteiger charge is 2.05. The summed E-state index contributed by atoms with van der Waals surface area (Å²) >= 11 is 0. The van der Waals surface area contributed by atoms with Crippen LogP contribution in [0.1, 0.15) is 16.7 Å². The van der Waals surface area contributed by atoms with Crippen LogP contribution in [0.4, 0.5) is 4.79 Å². The number of rotatable bonds is 5. The van der Waals surface area contributed by atoms with Crippen LogP contribution < -0.4 is 10.6 Å². The van der Waals surface area contributed by atoms with Gasteiger partial charge in [0.15, 0.2) is 0 Å². The standard InChI is InChI=1S/C21H18N4O/c22-12-19-5-1-2-6-20(19)18-9-7-16(8-10-18)14-24-21(26)25-15-17-4-3-11-23-13-17/h1-11,13H,14-15H2,(H2,24,25,26). The molecule has 3 aromatic rings. The average Bonchev–Trinajstić information content (AvgIpc) is 2.72. The number of urea groups is 1. The Bertz CT molecular complexity index is 915. The zero-order valence-corrected chi connectivity index (χ0v) is 14.1. The Morgan fingerprint density at radius 2 is 1.65 bits per heavy atom. The number of pyridine rings is 1. The predicted octanol–water partition coefficient (Wildman–Crippen LogP) is 3.62. The van der Waals surface area contributed by atoms with E-state index in [1.807, 2.05) is 54.6 Å². The number of nitrogens with zero attached hydrogens (tertiary/aromatic N) is 2. The van der Waals surface area contributed by atoms with E-state index in [0.29, 0.717) is 18.7 Å². The molecular weight excluding hydrogens is 324 g/mol. The molecule has 0 saturated carbocycles. The largest absolute Gasteiger partial charge is 0.334 e. The second kappa shape index (κ2) is 8.45. The van der Waals surface area contributed by atoms with Crippen LogP contribution in [0.15, 0.2) is 73.1 Å². The Hall–Kier alpha value is -3.65. The fourth-order valence-electron chi connectivity index (χ4n) is 2.56. The number of benzene rings is 2. The molecule has 2 aromatic carbocycles. The van der Waals surface area contributed by atoms with Crippen molar-refractivity contribution in [3.8, 4) is 17.2 Å². The Balaban J connectivity index is 1.54. The second-order valence-corrected chi connectivity index (χ2v) is 5.75. The summed E-state index contributed by atoms with van der Waals surface area (Å²) in [4.78, 5) is 15.9. The molecule has 5 heteroatoms. The van der Waals surface area contributed by atoms with E-state index in [1.165, 1.54) is 0 Å². The first-order valence-electron chi connectivity index (χ1n) is 8.25. The minimum absolute atomic E-state index is 0.229. The van der Waals surface area contributed by atoms with Crippen molar-refractivity contribution >= 4 is 6.03 Å². The summed E-state index contributed by atoms with van der Waals surface area (Å²) < 4.78 is 0. The van der Waals surface area contributed by atoms with Gasteiger partial charge in [0.2, 0.25) is 0 Å². The summed E-state index contributed by atoms with van der Waals surface area (Å²) in [6.45, 7) is 0.864. The number of nitrogens with one attached hydrogen (secondary N) is 2. The predicted molar refractivity (Wildman–Crippen MR) is 99.9 cm³/mol. The highest BCUT2D eigenvalue weighted by Crippen LogP contribution is 2.23. The summed E-state index contributed by atoms with van der Waals surface area (Å²) in [7, 11) is 0. The molecule has 0 aliphatic carbocycles. The molecule has 1 aromatic heterocycles. The lowest BCUT2D eigenvalue weighted by molar-refractivity contribution is 0.240. The summed E-state index contributed by atoms with van der Waals surface area (Å²) in [6, 6.07) is 21.0. The third kappa shape index (κ3) is 4.46. The van der Waals surface area contributed by atoms with Gasteiger partial charge < -0.3 is 10.6 Å². The van der Waals surface area contributed by atoms with Crippen molar-refractivity contribution < 1.29 is 4.79 Å². The molecule has 0 unspecified atom stereocenters. The van der Waals surface area contributed by atoms with Gasteiger partial charge in [-0.15, -0.1) is 0 Å². The Labute approximate surface area is 152 Å². The van der Waals surface area contributed by atoms with Gasteiger partial charge in [0.05, 0.1) is 11.6 Å². The van der Waals surface area contributed by atoms with Crippen LogP contribution >= 0.6 is 0 Å². The fourth-order valence-corrected chi connectivity index (χ4v) is 2.56. The molecular formula is C21H18N4O. The maximum absolute atomic E-state index is 11.9. The van der Waals surface area contributed by atoms with Crippen LogP contribution in [0.2, 0.25) is 0 Å². The number of aromatic nitrogens is 1. The molecule has 0 fully saturated rings. The van der Waals surface area contributed by atoms with E-state index in [-0.39, 0.29) is 6.03 Å². The zero-order chi connectivity index (χ0) is 18.2. The zero-order valence-electron chi connectivity index (χ0n) is 14.1. The molecule has 26 heavy (non-hydrogen) atoms. The van der Waals surface area contributed by atoms with Crippen molar-refractivity contribution in [3.05, 3.63) is 89.7 Å². The van der Waals surface area contributed by atoms with Crippen molar-refractivity contribution in [2.75, 3.05) is 0 Å². The molecule has 128 valence electrons. The monoisotopic (exact) mass is 342 g/mol. The first-order valence-corrected chi connectivity index (χ1v) is 8.25. The van der Waals surface area contributed by atoms with Gasteiger partial charge in [0, 0.05) is 25.5 Å². The first-order chi connectivity index (χ1) is 12.8. The van der Waals surface area contributed by atoms with E-state index in [4.69, 9.17) is 0 Å². The number of hydrogen-bond acceptors (Lipinski definition) is 3. The normalized spacial score (nSPS) is 9.96. The number of amides is 2. The molecule has 0 aliphatic rings. The van der Waals surface area contributed by atoms with Crippen LogP contribution in [0.3, 0.4) is 0 Å². The van der Waals surface area contributed by atoms with Gasteiger partial charge in [-0.3, -0.25) is 4.98 Å². The van der Waals surface area contributed by atoms with Crippen LogP contribution in [0, 0.1) is 11.3 Å². The Morgan fingerprint density at radius 1 is 0.923 bits per heavy atom. The van der Waals surface area contributed by atoms with E-state index in [1.54, 1.807) is 18.5 Å². The highest BCUT2D eigenvalue weighted by atomic mass is 16.2. The van der Waals surface area contributed by atoms with Crippen molar-refractivity contribution in [2.45, 2.75) is 13.1 Å². The lowest BCUT2D eigenvalue weighted by Crippen LogP contribution is -2.34. The first kappa shape index (κ1) is 17.2. The van der Waals surface area contributed by atoms with E-state index in [9.17, 15) is 10.1 Å². The quantitative estimate of drug-likeness (QED) is 0.743. The molecule has 0 atom stereocenters. The number of carbonyl (C=O) groups excluding carboxylic acids is 1. The van der Waals surface area contributed by atoms with Crippen LogP contribution in [-0.2, 0) is 13.1 Å². The highest BCUT2D eigenvalue weighted by molar-refractivity contribution is 5.74. The maximum atomic E-state index is 11.9. The molecule has 0 bridgehead atoms. The van der Waals surface area contributed by atoms with Crippen molar-refractivity contribution in [1.29, 1.82) is 5.26 Å². The third-order valence-electron chi connectivity index (χ3n) is 3.94. The SMILES string of the molecule is N#Cc1ccccc1-c1ccc(CNC(=O)NCc2cccnc2)cc1. The summed E-state index contributed by atoms with van der Waals surface area (Å²) in [6.07, 6.45) is 3.42. The molecule has 3 rings (SSSR count). The lowest BCUT2D eigenvalue weighted by Gasteiger charge is -2.09. The minimum atomic E-state index is -0.229. The molecule has 0 saturated heterocycles. The second-order valence-electron chi connectivity index (χ2n) is 5.75. The van der Waals surface area contributed by atoms with Gasteiger partial charge in [-0.1, -0.05) is 48.5 Å². The molecule has 2 N–H and O–H groups in total. The van der Waals surface area contributed by atoms with E-state index < -0.39 is 0 Å². The summed E-state index contributed by atoms with van der Waals surface area (Å²) in [5, 5.41) is 14.8. The number of hydrogen-bond donors (Lipinski definition) is 2. The molecule has 0 spiro atoms. The van der Waals surface area contributed by atoms with Crippen molar-refractivity contribution in [1.82, 2.24) is 15.6 Å². The van der Waals surface area contributed by atoms with Gasteiger partial charge in [0.1, 0.15) is 0 Å². The van der Waals surface area contributed by atoms with Gasteiger partial charge in [-0.2, -0.15) is 5.26 Å². The van der Waals surface area contributed by atoms with Gasteiger partial charge in [0.25, 0.3) is 0 Å².